The number of benzene rings is 1. The molecule has 0 heterocycles. The predicted molar refractivity (Wildman–Crippen MR) is 57.2 cm³/mol. The molecule has 4 heteroatoms. The Hall–Kier alpha value is -0.380. The van der Waals surface area contributed by atoms with Crippen molar-refractivity contribution in [1.29, 1.82) is 0 Å². The van der Waals surface area contributed by atoms with Crippen LogP contribution in [0.4, 0.5) is 4.39 Å². The molecule has 70 valence electrons. The van der Waals surface area contributed by atoms with E-state index in [2.05, 4.69) is 15.9 Å². The summed E-state index contributed by atoms with van der Waals surface area (Å²) >= 11 is 9.06. The molecule has 0 saturated heterocycles. The first-order valence-corrected chi connectivity index (χ1v) is 4.84. The fourth-order valence-corrected chi connectivity index (χ4v) is 1.44. The highest BCUT2D eigenvalue weighted by Gasteiger charge is 2.06. The van der Waals surface area contributed by atoms with Crippen LogP contribution >= 0.6 is 27.5 Å². The van der Waals surface area contributed by atoms with Gasteiger partial charge < -0.3 is 5.73 Å². The molecule has 0 unspecified atom stereocenters. The summed E-state index contributed by atoms with van der Waals surface area (Å²) in [6.45, 7) is 0.363. The van der Waals surface area contributed by atoms with Crippen molar-refractivity contribution in [2.75, 3.05) is 6.54 Å². The van der Waals surface area contributed by atoms with Crippen LogP contribution in [-0.2, 0) is 0 Å². The van der Waals surface area contributed by atoms with Crippen LogP contribution in [0, 0.1) is 5.82 Å². The van der Waals surface area contributed by atoms with Crippen LogP contribution in [0.1, 0.15) is 5.56 Å². The molecular weight excluding hydrogens is 256 g/mol. The number of nitrogens with two attached hydrogens (primary N) is 1. The van der Waals surface area contributed by atoms with Gasteiger partial charge in [0.25, 0.3) is 0 Å². The van der Waals surface area contributed by atoms with E-state index < -0.39 is 0 Å². The van der Waals surface area contributed by atoms with Gasteiger partial charge in [-0.05, 0) is 28.1 Å². The summed E-state index contributed by atoms with van der Waals surface area (Å²) in [4.78, 5) is 0. The molecule has 0 fully saturated rings. The van der Waals surface area contributed by atoms with E-state index in [1.54, 1.807) is 18.2 Å². The van der Waals surface area contributed by atoms with Gasteiger partial charge in [0.2, 0.25) is 0 Å². The van der Waals surface area contributed by atoms with Crippen molar-refractivity contribution in [3.8, 4) is 0 Å². The van der Waals surface area contributed by atoms with Crippen molar-refractivity contribution in [2.45, 2.75) is 0 Å². The summed E-state index contributed by atoms with van der Waals surface area (Å²) in [5.74, 6) is -0.349. The van der Waals surface area contributed by atoms with E-state index in [0.29, 0.717) is 21.6 Å². The maximum Gasteiger partial charge on any atom is 0.131 e. The van der Waals surface area contributed by atoms with Crippen molar-refractivity contribution < 1.29 is 4.39 Å². The predicted octanol–water partition coefficient (Wildman–Crippen LogP) is 3.21. The SMILES string of the molecule is NC/C=C/c1c(F)ccc(Br)c1Cl. The Morgan fingerprint density at radius 3 is 2.85 bits per heavy atom. The average molecular weight is 265 g/mol. The summed E-state index contributed by atoms with van der Waals surface area (Å²) in [7, 11) is 0. The highest BCUT2D eigenvalue weighted by Crippen LogP contribution is 2.29. The van der Waals surface area contributed by atoms with Gasteiger partial charge in [0, 0.05) is 16.6 Å². The highest BCUT2D eigenvalue weighted by atomic mass is 79.9. The number of rotatable bonds is 2. The van der Waals surface area contributed by atoms with E-state index in [4.69, 9.17) is 17.3 Å². The number of hydrogen-bond acceptors (Lipinski definition) is 1. The van der Waals surface area contributed by atoms with E-state index in [0.717, 1.165) is 0 Å². The smallest absolute Gasteiger partial charge is 0.131 e. The standard InChI is InChI=1S/C9H8BrClFN/c10-7-3-4-8(12)6(9(7)11)2-1-5-13/h1-4H,5,13H2/b2-1+. The van der Waals surface area contributed by atoms with Crippen molar-refractivity contribution in [2.24, 2.45) is 5.73 Å². The molecule has 0 aromatic heterocycles. The first-order chi connectivity index (χ1) is 6.16. The summed E-state index contributed by atoms with van der Waals surface area (Å²) in [5, 5.41) is 0.365. The van der Waals surface area contributed by atoms with Gasteiger partial charge in [-0.3, -0.25) is 0 Å². The molecule has 0 spiro atoms. The monoisotopic (exact) mass is 263 g/mol. The molecule has 0 saturated carbocycles. The van der Waals surface area contributed by atoms with Gasteiger partial charge in [-0.2, -0.15) is 0 Å². The molecule has 0 amide bonds. The van der Waals surface area contributed by atoms with Crippen LogP contribution in [0.25, 0.3) is 6.08 Å². The van der Waals surface area contributed by atoms with Crippen molar-refractivity contribution >= 4 is 33.6 Å². The molecule has 2 N–H and O–H groups in total. The molecule has 0 bridgehead atoms. The largest absolute Gasteiger partial charge is 0.327 e. The Morgan fingerprint density at radius 1 is 1.54 bits per heavy atom. The van der Waals surface area contributed by atoms with E-state index >= 15 is 0 Å². The Bertz CT molecular complexity index is 339. The fraction of sp³-hybridized carbons (Fsp3) is 0.111. The second-order valence-corrected chi connectivity index (χ2v) is 3.63. The number of halogens is 3. The van der Waals surface area contributed by atoms with Crippen LogP contribution in [0.2, 0.25) is 5.02 Å². The molecule has 0 aliphatic rings. The summed E-state index contributed by atoms with van der Waals surface area (Å²) < 4.78 is 13.8. The Morgan fingerprint density at radius 2 is 2.23 bits per heavy atom. The van der Waals surface area contributed by atoms with Crippen LogP contribution in [0.15, 0.2) is 22.7 Å². The Labute approximate surface area is 89.5 Å². The van der Waals surface area contributed by atoms with Crippen molar-refractivity contribution in [1.82, 2.24) is 0 Å². The lowest BCUT2D eigenvalue weighted by Crippen LogP contribution is -1.93. The molecule has 1 aromatic carbocycles. The second-order valence-electron chi connectivity index (χ2n) is 2.39. The van der Waals surface area contributed by atoms with Gasteiger partial charge >= 0.3 is 0 Å². The van der Waals surface area contributed by atoms with E-state index in [9.17, 15) is 4.39 Å². The molecule has 1 aromatic rings. The van der Waals surface area contributed by atoms with Gasteiger partial charge in [0.05, 0.1) is 5.02 Å². The van der Waals surface area contributed by atoms with Crippen LogP contribution < -0.4 is 5.73 Å². The van der Waals surface area contributed by atoms with Crippen LogP contribution in [0.5, 0.6) is 0 Å². The summed E-state index contributed by atoms with van der Waals surface area (Å²) in [6, 6.07) is 2.92. The van der Waals surface area contributed by atoms with Gasteiger partial charge in [-0.25, -0.2) is 4.39 Å². The quantitative estimate of drug-likeness (QED) is 0.816. The van der Waals surface area contributed by atoms with Crippen molar-refractivity contribution in [3.63, 3.8) is 0 Å². The fourth-order valence-electron chi connectivity index (χ4n) is 0.881. The zero-order valence-corrected chi connectivity index (χ0v) is 9.07. The summed E-state index contributed by atoms with van der Waals surface area (Å²) in [5.41, 5.74) is 5.61. The van der Waals surface area contributed by atoms with Crippen molar-refractivity contribution in [3.05, 3.63) is 39.1 Å². The van der Waals surface area contributed by atoms with Gasteiger partial charge in [0.15, 0.2) is 0 Å². The zero-order valence-electron chi connectivity index (χ0n) is 6.73. The topological polar surface area (TPSA) is 26.0 Å². The minimum Gasteiger partial charge on any atom is -0.327 e. The molecule has 13 heavy (non-hydrogen) atoms. The maximum absolute atomic E-state index is 13.2. The lowest BCUT2D eigenvalue weighted by molar-refractivity contribution is 0.625. The molecule has 0 aliphatic carbocycles. The molecule has 0 atom stereocenters. The molecule has 0 radical (unpaired) electrons. The van der Waals surface area contributed by atoms with Gasteiger partial charge in [-0.1, -0.05) is 23.8 Å². The first kappa shape index (κ1) is 10.7. The maximum atomic E-state index is 13.2. The molecule has 0 aliphatic heterocycles. The van der Waals surface area contributed by atoms with Crippen LogP contribution in [-0.4, -0.2) is 6.54 Å². The zero-order chi connectivity index (χ0) is 9.84. The molecule has 1 nitrogen and oxygen atoms in total. The lowest BCUT2D eigenvalue weighted by atomic mass is 10.2. The van der Waals surface area contributed by atoms with Crippen LogP contribution in [0.3, 0.4) is 0 Å². The first-order valence-electron chi connectivity index (χ1n) is 3.67. The lowest BCUT2D eigenvalue weighted by Gasteiger charge is -2.02. The van der Waals surface area contributed by atoms with Gasteiger partial charge in [0.1, 0.15) is 5.82 Å². The molecule has 1 rings (SSSR count). The Kier molecular flexibility index (Phi) is 3.90. The third kappa shape index (κ3) is 2.53. The minimum atomic E-state index is -0.349. The minimum absolute atomic E-state index is 0.349. The summed E-state index contributed by atoms with van der Waals surface area (Å²) in [6.07, 6.45) is 3.22. The highest BCUT2D eigenvalue weighted by molar-refractivity contribution is 9.10. The average Bonchev–Trinajstić information content (AvgIpc) is 2.12. The van der Waals surface area contributed by atoms with Gasteiger partial charge in [-0.15, -0.1) is 0 Å². The number of hydrogen-bond donors (Lipinski definition) is 1. The third-order valence-corrected chi connectivity index (χ3v) is 2.80. The Balaban J connectivity index is 3.17. The van der Waals surface area contributed by atoms with E-state index in [1.165, 1.54) is 6.07 Å². The normalized spacial score (nSPS) is 11.1. The van der Waals surface area contributed by atoms with E-state index in [-0.39, 0.29) is 5.82 Å². The second kappa shape index (κ2) is 4.74. The third-order valence-electron chi connectivity index (χ3n) is 1.50. The van der Waals surface area contributed by atoms with E-state index in [1.807, 2.05) is 0 Å². The molecular formula is C9H8BrClFN.